The summed E-state index contributed by atoms with van der Waals surface area (Å²) in [5, 5.41) is 5.81. The summed E-state index contributed by atoms with van der Waals surface area (Å²) in [5.41, 5.74) is 1.60. The number of amides is 2. The number of hydrogen-bond donors (Lipinski definition) is 2. The molecular weight excluding hydrogens is 381 g/mol. The van der Waals surface area contributed by atoms with Gasteiger partial charge in [-0.3, -0.25) is 9.59 Å². The topological polar surface area (TPSA) is 71.1 Å². The summed E-state index contributed by atoms with van der Waals surface area (Å²) in [6.07, 6.45) is 0.554. The van der Waals surface area contributed by atoms with Gasteiger partial charge in [0.25, 0.3) is 11.8 Å². The van der Waals surface area contributed by atoms with E-state index in [0.717, 1.165) is 5.56 Å². The van der Waals surface area contributed by atoms with Gasteiger partial charge in [-0.1, -0.05) is 41.9 Å². The number of para-hydroxylation sites is 1. The highest BCUT2D eigenvalue weighted by molar-refractivity contribution is 6.33. The highest BCUT2D eigenvalue weighted by atomic mass is 35.5. The van der Waals surface area contributed by atoms with Gasteiger partial charge in [0.05, 0.1) is 10.7 Å². The van der Waals surface area contributed by atoms with Gasteiger partial charge in [-0.25, -0.2) is 9.37 Å². The molecule has 5 nitrogen and oxygen atoms in total. The monoisotopic (exact) mass is 397 g/mol. The van der Waals surface area contributed by atoms with Crippen LogP contribution in [0.3, 0.4) is 0 Å². The van der Waals surface area contributed by atoms with Crippen molar-refractivity contribution in [3.05, 3.63) is 94.5 Å². The highest BCUT2D eigenvalue weighted by Crippen LogP contribution is 2.21. The summed E-state index contributed by atoms with van der Waals surface area (Å²) in [4.78, 5) is 28.8. The molecule has 0 spiro atoms. The Balaban J connectivity index is 1.60. The molecule has 2 amide bonds. The second-order valence-electron chi connectivity index (χ2n) is 5.97. The van der Waals surface area contributed by atoms with Gasteiger partial charge in [0.15, 0.2) is 0 Å². The minimum absolute atomic E-state index is 0.103. The Morgan fingerprint density at radius 1 is 0.893 bits per heavy atom. The van der Waals surface area contributed by atoms with Crippen LogP contribution in [0.5, 0.6) is 0 Å². The first kappa shape index (κ1) is 19.5. The Morgan fingerprint density at radius 3 is 2.29 bits per heavy atom. The molecular formula is C21H17ClFN3O2. The molecule has 2 N–H and O–H groups in total. The van der Waals surface area contributed by atoms with E-state index in [4.69, 9.17) is 11.6 Å². The predicted octanol–water partition coefficient (Wildman–Crippen LogP) is 4.10. The third-order valence-corrected chi connectivity index (χ3v) is 4.28. The smallest absolute Gasteiger partial charge is 0.274 e. The number of anilines is 1. The lowest BCUT2D eigenvalue weighted by Gasteiger charge is -2.08. The van der Waals surface area contributed by atoms with E-state index in [1.807, 2.05) is 0 Å². The fourth-order valence-corrected chi connectivity index (χ4v) is 2.68. The number of hydrogen-bond acceptors (Lipinski definition) is 3. The van der Waals surface area contributed by atoms with Crippen LogP contribution in [0.2, 0.25) is 5.02 Å². The second kappa shape index (κ2) is 9.10. The molecule has 0 bridgehead atoms. The second-order valence-corrected chi connectivity index (χ2v) is 6.38. The van der Waals surface area contributed by atoms with E-state index in [1.54, 1.807) is 42.5 Å². The Labute approximate surface area is 166 Å². The van der Waals surface area contributed by atoms with Gasteiger partial charge < -0.3 is 10.6 Å². The number of rotatable bonds is 6. The first-order chi connectivity index (χ1) is 13.5. The van der Waals surface area contributed by atoms with Gasteiger partial charge in [0.1, 0.15) is 17.2 Å². The first-order valence-electron chi connectivity index (χ1n) is 8.58. The van der Waals surface area contributed by atoms with Crippen molar-refractivity contribution in [1.29, 1.82) is 0 Å². The van der Waals surface area contributed by atoms with Crippen LogP contribution in [0.25, 0.3) is 0 Å². The molecule has 0 radical (unpaired) electrons. The van der Waals surface area contributed by atoms with Crippen LogP contribution in [-0.4, -0.2) is 23.3 Å². The largest absolute Gasteiger partial charge is 0.350 e. The maximum Gasteiger partial charge on any atom is 0.274 e. The Morgan fingerprint density at radius 2 is 1.57 bits per heavy atom. The van der Waals surface area contributed by atoms with Crippen LogP contribution < -0.4 is 10.6 Å². The molecule has 3 rings (SSSR count). The van der Waals surface area contributed by atoms with Crippen molar-refractivity contribution in [2.45, 2.75) is 6.42 Å². The standard InChI is InChI=1S/C21H17ClFN3O2/c22-16-4-1-2-5-17(16)26-21(28)19-7-3-6-18(25-19)20(27)24-13-12-14-8-10-15(23)11-9-14/h1-11H,12-13H2,(H,24,27)(H,26,28). The molecule has 142 valence electrons. The number of carbonyl (C=O) groups is 2. The minimum atomic E-state index is -0.464. The van der Waals surface area contributed by atoms with E-state index in [0.29, 0.717) is 23.7 Å². The van der Waals surface area contributed by atoms with Gasteiger partial charge in [0, 0.05) is 6.54 Å². The van der Waals surface area contributed by atoms with Crippen LogP contribution >= 0.6 is 11.6 Å². The SMILES string of the molecule is O=C(NCCc1ccc(F)cc1)c1cccc(C(=O)Nc2ccccc2Cl)n1. The van der Waals surface area contributed by atoms with E-state index in [2.05, 4.69) is 15.6 Å². The van der Waals surface area contributed by atoms with Gasteiger partial charge in [-0.15, -0.1) is 0 Å². The molecule has 1 heterocycles. The zero-order valence-electron chi connectivity index (χ0n) is 14.8. The highest BCUT2D eigenvalue weighted by Gasteiger charge is 2.13. The number of nitrogens with one attached hydrogen (secondary N) is 2. The Hall–Kier alpha value is -3.25. The molecule has 0 aliphatic heterocycles. The number of aromatic nitrogens is 1. The molecule has 28 heavy (non-hydrogen) atoms. The van der Waals surface area contributed by atoms with Gasteiger partial charge in [-0.05, 0) is 48.4 Å². The number of halogens is 2. The molecule has 0 saturated heterocycles. The molecule has 7 heteroatoms. The predicted molar refractivity (Wildman–Crippen MR) is 106 cm³/mol. The molecule has 1 aromatic heterocycles. The van der Waals surface area contributed by atoms with Crippen molar-refractivity contribution in [3.63, 3.8) is 0 Å². The molecule has 0 fully saturated rings. The zero-order chi connectivity index (χ0) is 19.9. The average molecular weight is 398 g/mol. The molecule has 0 atom stereocenters. The van der Waals surface area contributed by atoms with E-state index in [1.165, 1.54) is 24.3 Å². The van der Waals surface area contributed by atoms with E-state index in [-0.39, 0.29) is 17.2 Å². The van der Waals surface area contributed by atoms with Gasteiger partial charge in [-0.2, -0.15) is 0 Å². The number of carbonyl (C=O) groups excluding carboxylic acids is 2. The van der Waals surface area contributed by atoms with Crippen molar-refractivity contribution in [1.82, 2.24) is 10.3 Å². The molecule has 0 unspecified atom stereocenters. The summed E-state index contributed by atoms with van der Waals surface area (Å²) in [7, 11) is 0. The van der Waals surface area contributed by atoms with E-state index in [9.17, 15) is 14.0 Å². The van der Waals surface area contributed by atoms with Crippen molar-refractivity contribution in [3.8, 4) is 0 Å². The maximum absolute atomic E-state index is 12.9. The normalized spacial score (nSPS) is 10.4. The van der Waals surface area contributed by atoms with Crippen LogP contribution in [0.4, 0.5) is 10.1 Å². The van der Waals surface area contributed by atoms with Crippen LogP contribution in [0.15, 0.2) is 66.7 Å². The lowest BCUT2D eigenvalue weighted by Crippen LogP contribution is -2.27. The summed E-state index contributed by atoms with van der Waals surface area (Å²) in [6, 6.07) is 17.6. The van der Waals surface area contributed by atoms with Crippen molar-refractivity contribution in [2.24, 2.45) is 0 Å². The quantitative estimate of drug-likeness (QED) is 0.657. The third-order valence-electron chi connectivity index (χ3n) is 3.95. The summed E-state index contributed by atoms with van der Waals surface area (Å²) in [5.74, 6) is -1.16. The van der Waals surface area contributed by atoms with Crippen molar-refractivity contribution < 1.29 is 14.0 Å². The number of pyridine rings is 1. The summed E-state index contributed by atoms with van der Waals surface area (Å²) >= 11 is 6.03. The van der Waals surface area contributed by atoms with E-state index >= 15 is 0 Å². The summed E-state index contributed by atoms with van der Waals surface area (Å²) < 4.78 is 12.9. The fourth-order valence-electron chi connectivity index (χ4n) is 2.50. The lowest BCUT2D eigenvalue weighted by atomic mass is 10.1. The third kappa shape index (κ3) is 5.14. The maximum atomic E-state index is 12.9. The lowest BCUT2D eigenvalue weighted by molar-refractivity contribution is 0.0949. The van der Waals surface area contributed by atoms with Crippen molar-refractivity contribution in [2.75, 3.05) is 11.9 Å². The van der Waals surface area contributed by atoms with Crippen LogP contribution in [-0.2, 0) is 6.42 Å². The van der Waals surface area contributed by atoms with Gasteiger partial charge >= 0.3 is 0 Å². The minimum Gasteiger partial charge on any atom is -0.350 e. The molecule has 0 aliphatic rings. The fraction of sp³-hybridized carbons (Fsp3) is 0.0952. The number of benzene rings is 2. The molecule has 3 aromatic rings. The van der Waals surface area contributed by atoms with E-state index < -0.39 is 11.8 Å². The van der Waals surface area contributed by atoms with Gasteiger partial charge in [0.2, 0.25) is 0 Å². The average Bonchev–Trinajstić information content (AvgIpc) is 2.71. The summed E-state index contributed by atoms with van der Waals surface area (Å²) in [6.45, 7) is 0.363. The Bertz CT molecular complexity index is 993. The molecule has 2 aromatic carbocycles. The van der Waals surface area contributed by atoms with Crippen molar-refractivity contribution >= 4 is 29.1 Å². The van der Waals surface area contributed by atoms with Crippen LogP contribution in [0.1, 0.15) is 26.5 Å². The first-order valence-corrected chi connectivity index (χ1v) is 8.96. The molecule has 0 aliphatic carbocycles. The Kier molecular flexibility index (Phi) is 6.34. The van der Waals surface area contributed by atoms with Crippen LogP contribution in [0, 0.1) is 5.82 Å². The zero-order valence-corrected chi connectivity index (χ0v) is 15.5. The number of nitrogens with zero attached hydrogens (tertiary/aromatic N) is 1. The molecule has 0 saturated carbocycles.